The van der Waals surface area contributed by atoms with Gasteiger partial charge in [-0.15, -0.1) is 0 Å². The van der Waals surface area contributed by atoms with E-state index in [0.29, 0.717) is 57.3 Å². The summed E-state index contributed by atoms with van der Waals surface area (Å²) in [4.78, 5) is 33.0. The zero-order chi connectivity index (χ0) is 27.7. The van der Waals surface area contributed by atoms with Crippen molar-refractivity contribution >= 4 is 55.7 Å². The number of rotatable bonds is 8. The van der Waals surface area contributed by atoms with Crippen molar-refractivity contribution in [1.82, 2.24) is 4.98 Å². The van der Waals surface area contributed by atoms with Gasteiger partial charge in [-0.05, 0) is 74.0 Å². The van der Waals surface area contributed by atoms with E-state index in [9.17, 15) is 14.7 Å². The van der Waals surface area contributed by atoms with Crippen LogP contribution in [0.15, 0.2) is 66.2 Å². The van der Waals surface area contributed by atoms with Crippen LogP contribution in [0.3, 0.4) is 0 Å². The van der Waals surface area contributed by atoms with Crippen LogP contribution in [0.4, 0.5) is 5.13 Å². The number of aromatic nitrogens is 1. The van der Waals surface area contributed by atoms with E-state index >= 15 is 0 Å². The van der Waals surface area contributed by atoms with Crippen LogP contribution in [0.25, 0.3) is 16.0 Å². The topological polar surface area (TPSA) is 98.2 Å². The Kier molecular flexibility index (Phi) is 7.45. The van der Waals surface area contributed by atoms with Gasteiger partial charge in [-0.25, -0.2) is 4.98 Å². The summed E-state index contributed by atoms with van der Waals surface area (Å²) in [5.41, 5.74) is 1.48. The lowest BCUT2D eigenvalue weighted by Gasteiger charge is -2.24. The summed E-state index contributed by atoms with van der Waals surface area (Å²) in [6, 6.07) is 16.1. The minimum atomic E-state index is -0.975. The quantitative estimate of drug-likeness (QED) is 0.150. The van der Waals surface area contributed by atoms with Crippen molar-refractivity contribution in [2.24, 2.45) is 0 Å². The van der Waals surface area contributed by atoms with E-state index in [2.05, 4.69) is 4.98 Å². The first kappa shape index (κ1) is 26.5. The summed E-state index contributed by atoms with van der Waals surface area (Å²) in [6.45, 7) is 4.65. The molecule has 1 aliphatic heterocycles. The molecule has 0 saturated carbocycles. The second-order valence-electron chi connectivity index (χ2n) is 8.58. The van der Waals surface area contributed by atoms with Crippen molar-refractivity contribution in [3.63, 3.8) is 0 Å². The predicted octanol–water partition coefficient (Wildman–Crippen LogP) is 6.38. The molecule has 1 N–H and O–H groups in total. The first-order valence-corrected chi connectivity index (χ1v) is 13.5. The standard InChI is InChI=1S/C29H25ClN2O6S/c1-4-37-19-10-6-16(7-11-19)26(33)24-25(17-8-13-21(38-5-2)22(14-17)36-3)32(28(35)27(24)34)29-31-20-12-9-18(30)15-23(20)39-29/h6-15,25,33H,4-5H2,1-3H3/b26-24+. The van der Waals surface area contributed by atoms with Crippen molar-refractivity contribution in [3.8, 4) is 17.2 Å². The lowest BCUT2D eigenvalue weighted by atomic mass is 9.95. The molecular weight excluding hydrogens is 540 g/mol. The average Bonchev–Trinajstić information content (AvgIpc) is 3.46. The number of hydrogen-bond donors (Lipinski definition) is 1. The summed E-state index contributed by atoms with van der Waals surface area (Å²) in [5, 5.41) is 12.3. The second-order valence-corrected chi connectivity index (χ2v) is 10.0. The molecule has 200 valence electrons. The molecule has 8 nitrogen and oxygen atoms in total. The number of carbonyl (C=O) groups excluding carboxylic acids is 2. The van der Waals surface area contributed by atoms with E-state index in [1.54, 1.807) is 60.7 Å². The number of carbonyl (C=O) groups is 2. The smallest absolute Gasteiger partial charge is 0.301 e. The molecule has 1 amide bonds. The maximum Gasteiger partial charge on any atom is 0.301 e. The molecule has 1 aliphatic rings. The van der Waals surface area contributed by atoms with Crippen LogP contribution < -0.4 is 19.1 Å². The zero-order valence-corrected chi connectivity index (χ0v) is 23.0. The summed E-state index contributed by atoms with van der Waals surface area (Å²) in [5.74, 6) is -0.364. The average molecular weight is 565 g/mol. The van der Waals surface area contributed by atoms with Gasteiger partial charge in [0, 0.05) is 10.6 Å². The lowest BCUT2D eigenvalue weighted by molar-refractivity contribution is -0.132. The number of anilines is 1. The monoisotopic (exact) mass is 564 g/mol. The molecule has 1 unspecified atom stereocenters. The number of hydrogen-bond acceptors (Lipinski definition) is 8. The first-order valence-electron chi connectivity index (χ1n) is 12.3. The van der Waals surface area contributed by atoms with Crippen molar-refractivity contribution < 1.29 is 28.9 Å². The molecule has 3 aromatic carbocycles. The summed E-state index contributed by atoms with van der Waals surface area (Å²) in [6.07, 6.45) is 0. The van der Waals surface area contributed by atoms with Gasteiger partial charge < -0.3 is 19.3 Å². The van der Waals surface area contributed by atoms with Gasteiger partial charge in [0.25, 0.3) is 5.78 Å². The minimum absolute atomic E-state index is 0.0624. The van der Waals surface area contributed by atoms with Gasteiger partial charge in [0.2, 0.25) is 0 Å². The van der Waals surface area contributed by atoms with E-state index < -0.39 is 17.7 Å². The Morgan fingerprint density at radius 3 is 2.44 bits per heavy atom. The molecule has 10 heteroatoms. The SMILES string of the molecule is CCOc1ccc(/C(O)=C2\C(=O)C(=O)N(c3nc4ccc(Cl)cc4s3)C2c2ccc(OCC)c(OC)c2)cc1. The molecule has 1 fully saturated rings. The van der Waals surface area contributed by atoms with Crippen LogP contribution in [0.2, 0.25) is 5.02 Å². The van der Waals surface area contributed by atoms with Gasteiger partial charge in [-0.2, -0.15) is 0 Å². The predicted molar refractivity (Wildman–Crippen MR) is 151 cm³/mol. The summed E-state index contributed by atoms with van der Waals surface area (Å²) < 4.78 is 17.4. The largest absolute Gasteiger partial charge is 0.507 e. The number of nitrogens with zero attached hydrogens (tertiary/aromatic N) is 2. The highest BCUT2D eigenvalue weighted by Gasteiger charge is 2.48. The number of Topliss-reactive ketones (excluding diaryl/α,β-unsaturated/α-hetero) is 1. The van der Waals surface area contributed by atoms with E-state index in [-0.39, 0.29) is 11.3 Å². The molecule has 2 heterocycles. The number of aliphatic hydroxyl groups is 1. The number of amides is 1. The Balaban J connectivity index is 1.70. The third kappa shape index (κ3) is 4.91. The summed E-state index contributed by atoms with van der Waals surface area (Å²) in [7, 11) is 1.51. The number of aliphatic hydroxyl groups excluding tert-OH is 1. The maximum atomic E-state index is 13.5. The fourth-order valence-corrected chi connectivity index (χ4v) is 5.76. The third-order valence-corrected chi connectivity index (χ3v) is 7.48. The molecular formula is C29H25ClN2O6S. The molecule has 4 aromatic rings. The van der Waals surface area contributed by atoms with Gasteiger partial charge in [-0.1, -0.05) is 29.0 Å². The number of ketones is 1. The fourth-order valence-electron chi connectivity index (χ4n) is 4.49. The molecule has 39 heavy (non-hydrogen) atoms. The highest BCUT2D eigenvalue weighted by atomic mass is 35.5. The summed E-state index contributed by atoms with van der Waals surface area (Å²) >= 11 is 7.40. The zero-order valence-electron chi connectivity index (χ0n) is 21.4. The van der Waals surface area contributed by atoms with Crippen molar-refractivity contribution in [1.29, 1.82) is 0 Å². The van der Waals surface area contributed by atoms with Crippen molar-refractivity contribution in [2.75, 3.05) is 25.2 Å². The number of thiazole rings is 1. The van der Waals surface area contributed by atoms with Gasteiger partial charge in [-0.3, -0.25) is 14.5 Å². The van der Waals surface area contributed by atoms with Crippen LogP contribution >= 0.6 is 22.9 Å². The number of benzene rings is 3. The Morgan fingerprint density at radius 2 is 1.74 bits per heavy atom. The van der Waals surface area contributed by atoms with Crippen LogP contribution in [-0.2, 0) is 9.59 Å². The molecule has 0 radical (unpaired) electrons. The van der Waals surface area contributed by atoms with E-state index in [0.717, 1.165) is 4.70 Å². The highest BCUT2D eigenvalue weighted by Crippen LogP contribution is 2.46. The molecule has 1 atom stereocenters. The normalized spacial score (nSPS) is 16.6. The Hall–Kier alpha value is -4.08. The van der Waals surface area contributed by atoms with Gasteiger partial charge in [0.1, 0.15) is 11.5 Å². The molecule has 0 aliphatic carbocycles. The number of methoxy groups -OCH3 is 1. The van der Waals surface area contributed by atoms with Gasteiger partial charge >= 0.3 is 5.91 Å². The van der Waals surface area contributed by atoms with Crippen LogP contribution in [0.1, 0.15) is 31.0 Å². The van der Waals surface area contributed by atoms with E-state index in [4.69, 9.17) is 25.8 Å². The van der Waals surface area contributed by atoms with Crippen molar-refractivity contribution in [2.45, 2.75) is 19.9 Å². The number of fused-ring (bicyclic) bond motifs is 1. The second kappa shape index (κ2) is 11.0. The molecule has 5 rings (SSSR count). The number of ether oxygens (including phenoxy) is 3. The molecule has 0 bridgehead atoms. The fraction of sp³-hybridized carbons (Fsp3) is 0.207. The van der Waals surface area contributed by atoms with Crippen LogP contribution in [0.5, 0.6) is 17.2 Å². The Bertz CT molecular complexity index is 1600. The van der Waals surface area contributed by atoms with E-state index in [1.807, 2.05) is 13.8 Å². The number of halogens is 1. The lowest BCUT2D eigenvalue weighted by Crippen LogP contribution is -2.29. The maximum absolute atomic E-state index is 13.5. The molecule has 1 aromatic heterocycles. The highest BCUT2D eigenvalue weighted by molar-refractivity contribution is 7.22. The van der Waals surface area contributed by atoms with Crippen LogP contribution in [0, 0.1) is 0 Å². The van der Waals surface area contributed by atoms with Gasteiger partial charge in [0.05, 0.1) is 42.2 Å². The van der Waals surface area contributed by atoms with Gasteiger partial charge in [0.15, 0.2) is 16.6 Å². The third-order valence-electron chi connectivity index (χ3n) is 6.23. The minimum Gasteiger partial charge on any atom is -0.507 e. The Morgan fingerprint density at radius 1 is 1.00 bits per heavy atom. The first-order chi connectivity index (χ1) is 18.9. The Labute approximate surface area is 234 Å². The molecule has 1 saturated heterocycles. The molecule has 0 spiro atoms. The van der Waals surface area contributed by atoms with Crippen molar-refractivity contribution in [3.05, 3.63) is 82.4 Å². The van der Waals surface area contributed by atoms with Crippen LogP contribution in [-0.4, -0.2) is 42.1 Å². The van der Waals surface area contributed by atoms with E-state index in [1.165, 1.54) is 23.3 Å².